The van der Waals surface area contributed by atoms with E-state index in [1.54, 1.807) is 0 Å². The van der Waals surface area contributed by atoms with Gasteiger partial charge in [-0.1, -0.05) is 26.7 Å². The van der Waals surface area contributed by atoms with Crippen LogP contribution in [0.3, 0.4) is 0 Å². The molecule has 0 aromatic carbocycles. The van der Waals surface area contributed by atoms with Crippen molar-refractivity contribution in [1.29, 1.82) is 0 Å². The van der Waals surface area contributed by atoms with Gasteiger partial charge in [0.15, 0.2) is 5.96 Å². The molecule has 1 atom stereocenters. The van der Waals surface area contributed by atoms with E-state index in [1.165, 1.54) is 58.2 Å². The van der Waals surface area contributed by atoms with Crippen molar-refractivity contribution < 1.29 is 4.74 Å². The zero-order valence-corrected chi connectivity index (χ0v) is 21.1. The molecule has 1 unspecified atom stereocenters. The monoisotopic (exact) mass is 508 g/mol. The summed E-state index contributed by atoms with van der Waals surface area (Å²) < 4.78 is 5.64. The predicted octanol–water partition coefficient (Wildman–Crippen LogP) is 4.12. The molecule has 1 aliphatic heterocycles. The van der Waals surface area contributed by atoms with E-state index in [1.807, 2.05) is 7.05 Å². The Bertz CT molecular complexity index is 438. The van der Waals surface area contributed by atoms with Gasteiger partial charge in [0.2, 0.25) is 0 Å². The number of hydrogen-bond acceptors (Lipinski definition) is 3. The maximum absolute atomic E-state index is 5.64. The third kappa shape index (κ3) is 9.16. The number of rotatable bonds is 10. The zero-order chi connectivity index (χ0) is 19.5. The first-order valence-electron chi connectivity index (χ1n) is 11.3. The number of nitrogens with zero attached hydrogens (tertiary/aromatic N) is 2. The van der Waals surface area contributed by atoms with Gasteiger partial charge in [-0.25, -0.2) is 0 Å². The Morgan fingerprint density at radius 1 is 1.21 bits per heavy atom. The Kier molecular flexibility index (Phi) is 13.0. The molecular formula is C22H45IN4O. The number of piperidine rings is 1. The van der Waals surface area contributed by atoms with Gasteiger partial charge in [0.25, 0.3) is 0 Å². The van der Waals surface area contributed by atoms with Crippen LogP contribution in [0.1, 0.15) is 65.7 Å². The number of ether oxygens (including phenoxy) is 1. The fourth-order valence-corrected chi connectivity index (χ4v) is 4.81. The molecule has 0 radical (unpaired) electrons. The smallest absolute Gasteiger partial charge is 0.191 e. The van der Waals surface area contributed by atoms with Gasteiger partial charge in [-0.05, 0) is 62.8 Å². The lowest BCUT2D eigenvalue weighted by atomic mass is 9.83. The fourth-order valence-electron chi connectivity index (χ4n) is 4.81. The summed E-state index contributed by atoms with van der Waals surface area (Å²) in [5, 5.41) is 7.23. The van der Waals surface area contributed by atoms with Crippen molar-refractivity contribution in [2.24, 2.45) is 22.2 Å². The third-order valence-corrected chi connectivity index (χ3v) is 6.28. The third-order valence-electron chi connectivity index (χ3n) is 6.28. The Morgan fingerprint density at radius 2 is 1.96 bits per heavy atom. The highest BCUT2D eigenvalue weighted by molar-refractivity contribution is 14.0. The van der Waals surface area contributed by atoms with E-state index in [9.17, 15) is 0 Å². The summed E-state index contributed by atoms with van der Waals surface area (Å²) in [5.74, 6) is 2.46. The number of guanidine groups is 1. The maximum Gasteiger partial charge on any atom is 0.191 e. The zero-order valence-electron chi connectivity index (χ0n) is 18.8. The highest BCUT2D eigenvalue weighted by Gasteiger charge is 2.33. The molecule has 6 heteroatoms. The van der Waals surface area contributed by atoms with Crippen LogP contribution in [-0.2, 0) is 4.74 Å². The van der Waals surface area contributed by atoms with Crippen LogP contribution in [-0.4, -0.2) is 63.8 Å². The fraction of sp³-hybridized carbons (Fsp3) is 0.955. The molecule has 2 N–H and O–H groups in total. The molecule has 0 aromatic heterocycles. The van der Waals surface area contributed by atoms with Gasteiger partial charge in [0, 0.05) is 46.4 Å². The van der Waals surface area contributed by atoms with Crippen molar-refractivity contribution >= 4 is 29.9 Å². The second-order valence-electron chi connectivity index (χ2n) is 9.12. The summed E-state index contributed by atoms with van der Waals surface area (Å²) >= 11 is 0. The van der Waals surface area contributed by atoms with E-state index < -0.39 is 0 Å². The molecule has 0 spiro atoms. The first-order chi connectivity index (χ1) is 13.1. The van der Waals surface area contributed by atoms with Crippen molar-refractivity contribution in [1.82, 2.24) is 15.5 Å². The molecule has 166 valence electrons. The summed E-state index contributed by atoms with van der Waals surface area (Å²) in [5.41, 5.74) is 0.395. The normalized spacial score (nSPS) is 22.9. The Balaban J connectivity index is 0.00000392. The minimum atomic E-state index is 0. The highest BCUT2D eigenvalue weighted by Crippen LogP contribution is 2.40. The van der Waals surface area contributed by atoms with Gasteiger partial charge < -0.3 is 20.3 Å². The second kappa shape index (κ2) is 14.0. The molecule has 2 fully saturated rings. The number of nitrogens with one attached hydrogen (secondary N) is 2. The van der Waals surface area contributed by atoms with E-state index in [-0.39, 0.29) is 24.0 Å². The van der Waals surface area contributed by atoms with Crippen LogP contribution < -0.4 is 10.6 Å². The molecule has 1 heterocycles. The molecular weight excluding hydrogens is 463 g/mol. The predicted molar refractivity (Wildman–Crippen MR) is 131 cm³/mol. The van der Waals surface area contributed by atoms with Gasteiger partial charge in [-0.2, -0.15) is 0 Å². The largest absolute Gasteiger partial charge is 0.382 e. The average molecular weight is 509 g/mol. The van der Waals surface area contributed by atoms with E-state index in [2.05, 4.69) is 41.3 Å². The second-order valence-corrected chi connectivity index (χ2v) is 9.12. The van der Waals surface area contributed by atoms with Gasteiger partial charge in [-0.3, -0.25) is 4.99 Å². The van der Waals surface area contributed by atoms with Gasteiger partial charge in [-0.15, -0.1) is 24.0 Å². The van der Waals surface area contributed by atoms with Crippen LogP contribution in [0.25, 0.3) is 0 Å². The Labute approximate surface area is 190 Å². The minimum Gasteiger partial charge on any atom is -0.382 e. The molecule has 1 saturated carbocycles. The average Bonchev–Trinajstić information content (AvgIpc) is 3.11. The summed E-state index contributed by atoms with van der Waals surface area (Å²) in [7, 11) is 1.89. The first kappa shape index (κ1) is 26.0. The van der Waals surface area contributed by atoms with Crippen LogP contribution in [0.2, 0.25) is 0 Å². The first-order valence-corrected chi connectivity index (χ1v) is 11.3. The van der Waals surface area contributed by atoms with Gasteiger partial charge >= 0.3 is 0 Å². The van der Waals surface area contributed by atoms with Gasteiger partial charge in [0.1, 0.15) is 0 Å². The number of halogens is 1. The van der Waals surface area contributed by atoms with Gasteiger partial charge in [0.05, 0.1) is 0 Å². The van der Waals surface area contributed by atoms with E-state index in [0.29, 0.717) is 5.41 Å². The lowest BCUT2D eigenvalue weighted by Crippen LogP contribution is -2.47. The van der Waals surface area contributed by atoms with Crippen LogP contribution in [0.5, 0.6) is 0 Å². The van der Waals surface area contributed by atoms with E-state index >= 15 is 0 Å². The van der Waals surface area contributed by atoms with Crippen molar-refractivity contribution in [3.63, 3.8) is 0 Å². The summed E-state index contributed by atoms with van der Waals surface area (Å²) in [6.45, 7) is 14.2. The number of aliphatic imine (C=N–C) groups is 1. The SMILES string of the molecule is CCOCCC1(CNC(=NC)NCC2CCCN(CC(C)C)C2)CCCC1.I. The van der Waals surface area contributed by atoms with Crippen LogP contribution in [0, 0.1) is 17.3 Å². The Hall–Kier alpha value is -0.0800. The van der Waals surface area contributed by atoms with Crippen molar-refractivity contribution in [2.75, 3.05) is 53.0 Å². The summed E-state index contributed by atoms with van der Waals surface area (Å²) in [6, 6.07) is 0. The van der Waals surface area contributed by atoms with Crippen LogP contribution in [0.4, 0.5) is 0 Å². The van der Waals surface area contributed by atoms with Crippen molar-refractivity contribution in [2.45, 2.75) is 65.7 Å². The number of likely N-dealkylation sites (tertiary alicyclic amines) is 1. The molecule has 0 bridgehead atoms. The lowest BCUT2D eigenvalue weighted by molar-refractivity contribution is 0.105. The Morgan fingerprint density at radius 3 is 2.61 bits per heavy atom. The summed E-state index contributed by atoms with van der Waals surface area (Å²) in [4.78, 5) is 7.11. The molecule has 1 aliphatic carbocycles. The maximum atomic E-state index is 5.64. The standard InChI is InChI=1S/C22H44N4O.HI/c1-5-27-14-12-22(10-6-7-11-22)18-25-21(23-4)24-15-20-9-8-13-26(17-20)16-19(2)3;/h19-20H,5-18H2,1-4H3,(H2,23,24,25);1H. The quantitative estimate of drug-likeness (QED) is 0.202. The number of hydrogen-bond donors (Lipinski definition) is 2. The molecule has 5 nitrogen and oxygen atoms in total. The van der Waals surface area contributed by atoms with E-state index in [0.717, 1.165) is 50.5 Å². The minimum absolute atomic E-state index is 0. The van der Waals surface area contributed by atoms with Crippen LogP contribution in [0.15, 0.2) is 4.99 Å². The molecule has 1 saturated heterocycles. The highest BCUT2D eigenvalue weighted by atomic mass is 127. The van der Waals surface area contributed by atoms with Crippen molar-refractivity contribution in [3.05, 3.63) is 0 Å². The van der Waals surface area contributed by atoms with Crippen LogP contribution >= 0.6 is 24.0 Å². The lowest BCUT2D eigenvalue weighted by Gasteiger charge is -2.34. The molecule has 28 heavy (non-hydrogen) atoms. The molecule has 0 amide bonds. The van der Waals surface area contributed by atoms with E-state index in [4.69, 9.17) is 4.74 Å². The van der Waals surface area contributed by atoms with Crippen molar-refractivity contribution in [3.8, 4) is 0 Å². The molecule has 2 rings (SSSR count). The molecule has 2 aliphatic rings. The summed E-state index contributed by atoms with van der Waals surface area (Å²) in [6.07, 6.45) is 9.16. The molecule has 0 aromatic rings. The topological polar surface area (TPSA) is 48.9 Å².